The summed E-state index contributed by atoms with van der Waals surface area (Å²) >= 11 is 0. The van der Waals surface area contributed by atoms with Crippen molar-refractivity contribution >= 4 is 5.97 Å². The quantitative estimate of drug-likeness (QED) is 0.924. The Kier molecular flexibility index (Phi) is 3.78. The van der Waals surface area contributed by atoms with E-state index in [0.29, 0.717) is 5.92 Å². The van der Waals surface area contributed by atoms with Crippen molar-refractivity contribution in [2.24, 2.45) is 5.92 Å². The molecular formula is C18H25NO2. The van der Waals surface area contributed by atoms with E-state index in [1.165, 1.54) is 38.0 Å². The molecule has 3 fully saturated rings. The standard InChI is InChI=1S/C18H25NO2/c1-18(2,11-17(20)21)15-5-3-13(4-6-15)16-12-19-9-7-14(16)8-10-19/h3-6,14,16H,7-12H2,1-2H3,(H,20,21). The fourth-order valence-corrected chi connectivity index (χ4v) is 4.00. The molecule has 0 saturated carbocycles. The van der Waals surface area contributed by atoms with E-state index < -0.39 is 5.97 Å². The third kappa shape index (κ3) is 2.98. The van der Waals surface area contributed by atoms with Gasteiger partial charge in [-0.3, -0.25) is 4.79 Å². The first kappa shape index (κ1) is 14.6. The van der Waals surface area contributed by atoms with E-state index >= 15 is 0 Å². The number of hydrogen-bond acceptors (Lipinski definition) is 2. The molecule has 1 N–H and O–H groups in total. The lowest BCUT2D eigenvalue weighted by molar-refractivity contribution is -0.138. The highest BCUT2D eigenvalue weighted by molar-refractivity contribution is 5.68. The number of carboxylic acid groups (broad SMARTS) is 1. The van der Waals surface area contributed by atoms with Crippen LogP contribution in [0.4, 0.5) is 0 Å². The maximum Gasteiger partial charge on any atom is 0.304 e. The van der Waals surface area contributed by atoms with Crippen molar-refractivity contribution in [3.05, 3.63) is 35.4 Å². The van der Waals surface area contributed by atoms with Gasteiger partial charge in [0.2, 0.25) is 0 Å². The van der Waals surface area contributed by atoms with Gasteiger partial charge in [0.25, 0.3) is 0 Å². The van der Waals surface area contributed by atoms with Crippen LogP contribution >= 0.6 is 0 Å². The smallest absolute Gasteiger partial charge is 0.304 e. The minimum Gasteiger partial charge on any atom is -0.481 e. The Morgan fingerprint density at radius 2 is 1.86 bits per heavy atom. The fourth-order valence-electron chi connectivity index (χ4n) is 4.00. The lowest BCUT2D eigenvalue weighted by atomic mass is 9.74. The van der Waals surface area contributed by atoms with Crippen LogP contribution in [-0.2, 0) is 10.2 Å². The molecule has 4 rings (SSSR count). The van der Waals surface area contributed by atoms with Gasteiger partial charge in [-0.25, -0.2) is 0 Å². The van der Waals surface area contributed by atoms with Gasteiger partial charge in [0.05, 0.1) is 6.42 Å². The van der Waals surface area contributed by atoms with Crippen LogP contribution in [0.5, 0.6) is 0 Å². The van der Waals surface area contributed by atoms with E-state index in [2.05, 4.69) is 29.2 Å². The summed E-state index contributed by atoms with van der Waals surface area (Å²) in [4.78, 5) is 13.6. The van der Waals surface area contributed by atoms with Gasteiger partial charge in [-0.15, -0.1) is 0 Å². The molecule has 0 aromatic heterocycles. The Balaban J connectivity index is 1.76. The third-order valence-corrected chi connectivity index (χ3v) is 5.37. The molecule has 0 amide bonds. The first-order valence-corrected chi connectivity index (χ1v) is 8.00. The van der Waals surface area contributed by atoms with Crippen molar-refractivity contribution < 1.29 is 9.90 Å². The minimum absolute atomic E-state index is 0.173. The number of hydrogen-bond donors (Lipinski definition) is 1. The Hall–Kier alpha value is -1.35. The number of aliphatic carboxylic acids is 1. The SMILES string of the molecule is CC(C)(CC(=O)O)c1ccc(C2CN3CCC2CC3)cc1. The van der Waals surface area contributed by atoms with Crippen molar-refractivity contribution in [1.82, 2.24) is 4.90 Å². The van der Waals surface area contributed by atoms with Crippen LogP contribution in [0.1, 0.15) is 50.2 Å². The van der Waals surface area contributed by atoms with Crippen molar-refractivity contribution in [2.45, 2.75) is 44.4 Å². The van der Waals surface area contributed by atoms with Gasteiger partial charge in [-0.05, 0) is 48.9 Å². The highest BCUT2D eigenvalue weighted by atomic mass is 16.4. The van der Waals surface area contributed by atoms with E-state index in [9.17, 15) is 4.79 Å². The first-order chi connectivity index (χ1) is 9.95. The van der Waals surface area contributed by atoms with Gasteiger partial charge in [-0.2, -0.15) is 0 Å². The van der Waals surface area contributed by atoms with Gasteiger partial charge in [0, 0.05) is 12.0 Å². The predicted octanol–water partition coefficient (Wildman–Crippen LogP) is 3.25. The van der Waals surface area contributed by atoms with Crippen LogP contribution in [0, 0.1) is 5.92 Å². The molecular weight excluding hydrogens is 262 g/mol. The van der Waals surface area contributed by atoms with Gasteiger partial charge in [0.15, 0.2) is 0 Å². The average Bonchev–Trinajstić information content (AvgIpc) is 2.47. The largest absolute Gasteiger partial charge is 0.481 e. The molecule has 1 aromatic rings. The molecule has 0 aliphatic carbocycles. The van der Waals surface area contributed by atoms with Crippen LogP contribution in [0.25, 0.3) is 0 Å². The summed E-state index contributed by atoms with van der Waals surface area (Å²) in [6, 6.07) is 8.72. The summed E-state index contributed by atoms with van der Waals surface area (Å²) in [5, 5.41) is 9.03. The molecule has 1 aromatic carbocycles. The molecule has 3 nitrogen and oxygen atoms in total. The fraction of sp³-hybridized carbons (Fsp3) is 0.611. The van der Waals surface area contributed by atoms with Crippen LogP contribution < -0.4 is 0 Å². The van der Waals surface area contributed by atoms with E-state index in [1.54, 1.807) is 0 Å². The maximum absolute atomic E-state index is 11.0. The Morgan fingerprint density at radius 3 is 2.33 bits per heavy atom. The van der Waals surface area contributed by atoms with Crippen LogP contribution in [-0.4, -0.2) is 35.6 Å². The lowest BCUT2D eigenvalue weighted by Crippen LogP contribution is -2.46. The number of carboxylic acids is 1. The van der Waals surface area contributed by atoms with Crippen molar-refractivity contribution in [3.8, 4) is 0 Å². The summed E-state index contributed by atoms with van der Waals surface area (Å²) in [6.07, 6.45) is 2.83. The van der Waals surface area contributed by atoms with Gasteiger partial charge in [-0.1, -0.05) is 38.1 Å². The molecule has 21 heavy (non-hydrogen) atoms. The monoisotopic (exact) mass is 287 g/mol. The highest BCUT2D eigenvalue weighted by Crippen LogP contribution is 2.39. The summed E-state index contributed by atoms with van der Waals surface area (Å²) in [7, 11) is 0. The van der Waals surface area contributed by atoms with Crippen molar-refractivity contribution in [3.63, 3.8) is 0 Å². The maximum atomic E-state index is 11.0. The second-order valence-electron chi connectivity index (χ2n) is 7.32. The number of nitrogens with zero attached hydrogens (tertiary/aromatic N) is 1. The zero-order chi connectivity index (χ0) is 15.0. The Bertz CT molecular complexity index is 513. The van der Waals surface area contributed by atoms with E-state index in [1.807, 2.05) is 13.8 Å². The zero-order valence-corrected chi connectivity index (χ0v) is 13.0. The molecule has 1 atom stereocenters. The molecule has 2 bridgehead atoms. The van der Waals surface area contributed by atoms with E-state index in [0.717, 1.165) is 11.5 Å². The minimum atomic E-state index is -0.735. The van der Waals surface area contributed by atoms with E-state index in [4.69, 9.17) is 5.11 Å². The number of benzene rings is 1. The second kappa shape index (κ2) is 5.45. The highest BCUT2D eigenvalue weighted by Gasteiger charge is 2.35. The summed E-state index contributed by atoms with van der Waals surface area (Å²) in [6.45, 7) is 7.74. The van der Waals surface area contributed by atoms with Crippen LogP contribution in [0.2, 0.25) is 0 Å². The molecule has 114 valence electrons. The van der Waals surface area contributed by atoms with Crippen molar-refractivity contribution in [2.75, 3.05) is 19.6 Å². The number of rotatable bonds is 4. The Morgan fingerprint density at radius 1 is 1.24 bits per heavy atom. The Labute approximate surface area is 127 Å². The van der Waals surface area contributed by atoms with Gasteiger partial charge >= 0.3 is 5.97 Å². The predicted molar refractivity (Wildman–Crippen MR) is 83.6 cm³/mol. The number of fused-ring (bicyclic) bond motifs is 3. The lowest BCUT2D eigenvalue weighted by Gasteiger charge is -2.45. The molecule has 3 heterocycles. The molecule has 0 radical (unpaired) electrons. The third-order valence-electron chi connectivity index (χ3n) is 5.37. The first-order valence-electron chi connectivity index (χ1n) is 8.00. The summed E-state index contributed by atoms with van der Waals surface area (Å²) in [5.74, 6) is 0.776. The molecule has 3 aliphatic heterocycles. The average molecular weight is 287 g/mol. The van der Waals surface area contributed by atoms with Gasteiger partial charge in [0.1, 0.15) is 0 Å². The zero-order valence-electron chi connectivity index (χ0n) is 13.0. The van der Waals surface area contributed by atoms with Crippen LogP contribution in [0.3, 0.4) is 0 Å². The molecule has 1 unspecified atom stereocenters. The molecule has 3 aliphatic rings. The molecule has 0 spiro atoms. The summed E-state index contributed by atoms with van der Waals surface area (Å²) < 4.78 is 0. The van der Waals surface area contributed by atoms with Crippen LogP contribution in [0.15, 0.2) is 24.3 Å². The normalized spacial score (nSPS) is 28.6. The molecule has 3 saturated heterocycles. The topological polar surface area (TPSA) is 40.5 Å². The summed E-state index contributed by atoms with van der Waals surface area (Å²) in [5.41, 5.74) is 2.24. The van der Waals surface area contributed by atoms with Crippen molar-refractivity contribution in [1.29, 1.82) is 0 Å². The van der Waals surface area contributed by atoms with E-state index in [-0.39, 0.29) is 11.8 Å². The number of carbonyl (C=O) groups is 1. The second-order valence-corrected chi connectivity index (χ2v) is 7.32. The number of piperidine rings is 3. The van der Waals surface area contributed by atoms with Gasteiger partial charge < -0.3 is 10.0 Å². The molecule has 3 heteroatoms.